The number of benzene rings is 1. The number of carbonyl (C=O) groups is 1. The molecule has 3 heteroatoms. The van der Waals surface area contributed by atoms with Crippen LogP contribution in [-0.4, -0.2) is 11.9 Å². The molecule has 1 atom stereocenters. The van der Waals surface area contributed by atoms with E-state index in [9.17, 15) is 4.79 Å². The van der Waals surface area contributed by atoms with Crippen LogP contribution in [0.2, 0.25) is 0 Å². The van der Waals surface area contributed by atoms with Gasteiger partial charge in [0, 0.05) is 17.3 Å². The zero-order valence-corrected chi connectivity index (χ0v) is 10.5. The fourth-order valence-electron chi connectivity index (χ4n) is 2.13. The third-order valence-electron chi connectivity index (χ3n) is 3.24. The van der Waals surface area contributed by atoms with Crippen molar-refractivity contribution >= 4 is 21.7 Å². The molecule has 2 nitrogen and oxygen atoms in total. The highest BCUT2D eigenvalue weighted by Gasteiger charge is 2.33. The van der Waals surface area contributed by atoms with E-state index in [2.05, 4.69) is 15.9 Å². The molecule has 1 aromatic rings. The Morgan fingerprint density at radius 2 is 2.25 bits per heavy atom. The lowest BCUT2D eigenvalue weighted by atomic mass is 10.0. The van der Waals surface area contributed by atoms with Crippen molar-refractivity contribution in [3.63, 3.8) is 0 Å². The van der Waals surface area contributed by atoms with Gasteiger partial charge >= 0.3 is 0 Å². The van der Waals surface area contributed by atoms with Gasteiger partial charge in [-0.3, -0.25) is 4.79 Å². The van der Waals surface area contributed by atoms with E-state index in [0.717, 1.165) is 22.2 Å². The van der Waals surface area contributed by atoms with E-state index in [1.807, 2.05) is 18.2 Å². The van der Waals surface area contributed by atoms with Crippen LogP contribution in [0.25, 0.3) is 0 Å². The van der Waals surface area contributed by atoms with Crippen molar-refractivity contribution in [2.24, 2.45) is 5.92 Å². The summed E-state index contributed by atoms with van der Waals surface area (Å²) < 4.78 is 6.73. The molecule has 2 aliphatic rings. The number of Topliss-reactive ketones (excluding diaryl/α,β-unsaturated/α-hetero) is 1. The lowest BCUT2D eigenvalue weighted by Gasteiger charge is -2.08. The monoisotopic (exact) mass is 280 g/mol. The Kier molecular flexibility index (Phi) is 2.51. The van der Waals surface area contributed by atoms with Crippen LogP contribution >= 0.6 is 15.9 Å². The SMILES string of the molecule is O=C(CC1CC1)C1Cc2cc(Br)ccc2O1. The minimum atomic E-state index is -0.232. The number of ether oxygens (including phenoxy) is 1. The first-order valence-corrected chi connectivity index (χ1v) is 6.49. The second kappa shape index (κ2) is 3.88. The quantitative estimate of drug-likeness (QED) is 0.851. The van der Waals surface area contributed by atoms with Gasteiger partial charge in [0.25, 0.3) is 0 Å². The van der Waals surface area contributed by atoms with Crippen molar-refractivity contribution in [3.05, 3.63) is 28.2 Å². The topological polar surface area (TPSA) is 26.3 Å². The van der Waals surface area contributed by atoms with E-state index in [-0.39, 0.29) is 11.9 Å². The third kappa shape index (κ3) is 2.01. The molecule has 1 aliphatic heterocycles. The Labute approximate surface area is 103 Å². The Hall–Kier alpha value is -0.830. The number of carbonyl (C=O) groups excluding carboxylic acids is 1. The molecule has 84 valence electrons. The van der Waals surface area contributed by atoms with E-state index in [1.54, 1.807) is 0 Å². The number of halogens is 1. The summed E-state index contributed by atoms with van der Waals surface area (Å²) in [5.74, 6) is 1.79. The Morgan fingerprint density at radius 3 is 3.00 bits per heavy atom. The van der Waals surface area contributed by atoms with Gasteiger partial charge in [0.1, 0.15) is 5.75 Å². The van der Waals surface area contributed by atoms with Crippen LogP contribution in [0.15, 0.2) is 22.7 Å². The molecule has 0 saturated heterocycles. The van der Waals surface area contributed by atoms with Crippen molar-refractivity contribution in [2.45, 2.75) is 31.8 Å². The van der Waals surface area contributed by atoms with E-state index in [1.165, 1.54) is 12.8 Å². The Balaban J connectivity index is 1.71. The zero-order valence-electron chi connectivity index (χ0n) is 8.91. The lowest BCUT2D eigenvalue weighted by molar-refractivity contribution is -0.125. The minimum Gasteiger partial charge on any atom is -0.482 e. The van der Waals surface area contributed by atoms with Gasteiger partial charge in [-0.1, -0.05) is 15.9 Å². The molecule has 1 aliphatic carbocycles. The fraction of sp³-hybridized carbons (Fsp3) is 0.462. The summed E-state index contributed by atoms with van der Waals surface area (Å²) in [6, 6.07) is 5.93. The standard InChI is InChI=1S/C13H13BrO2/c14-10-3-4-12-9(6-10)7-13(16-12)11(15)5-8-1-2-8/h3-4,6,8,13H,1-2,5,7H2. The molecule has 0 radical (unpaired) electrons. The van der Waals surface area contributed by atoms with Gasteiger partial charge in [0.2, 0.25) is 0 Å². The Bertz CT molecular complexity index is 438. The maximum absolute atomic E-state index is 11.9. The highest BCUT2D eigenvalue weighted by Crippen LogP contribution is 2.36. The van der Waals surface area contributed by atoms with Crippen molar-refractivity contribution in [1.29, 1.82) is 0 Å². The van der Waals surface area contributed by atoms with Crippen molar-refractivity contribution in [3.8, 4) is 5.75 Å². The van der Waals surface area contributed by atoms with E-state index >= 15 is 0 Å². The highest BCUT2D eigenvalue weighted by atomic mass is 79.9. The number of ketones is 1. The molecule has 1 fully saturated rings. The summed E-state index contributed by atoms with van der Waals surface area (Å²) in [5.41, 5.74) is 1.14. The zero-order chi connectivity index (χ0) is 11.1. The molecule has 1 saturated carbocycles. The first kappa shape index (κ1) is 10.3. The molecule has 0 aromatic heterocycles. The highest BCUT2D eigenvalue weighted by molar-refractivity contribution is 9.10. The van der Waals surface area contributed by atoms with Crippen LogP contribution in [0.3, 0.4) is 0 Å². The average Bonchev–Trinajstić information content (AvgIpc) is 2.95. The molecule has 0 amide bonds. The summed E-state index contributed by atoms with van der Waals surface area (Å²) >= 11 is 3.43. The van der Waals surface area contributed by atoms with Crippen molar-refractivity contribution in [1.82, 2.24) is 0 Å². The van der Waals surface area contributed by atoms with Crippen molar-refractivity contribution < 1.29 is 9.53 Å². The van der Waals surface area contributed by atoms with Crippen LogP contribution < -0.4 is 4.74 Å². The lowest BCUT2D eigenvalue weighted by Crippen LogP contribution is -2.25. The second-order valence-corrected chi connectivity index (χ2v) is 5.59. The molecular formula is C13H13BrO2. The molecule has 1 heterocycles. The predicted molar refractivity (Wildman–Crippen MR) is 64.6 cm³/mol. The van der Waals surface area contributed by atoms with Crippen LogP contribution in [-0.2, 0) is 11.2 Å². The third-order valence-corrected chi connectivity index (χ3v) is 3.74. The summed E-state index contributed by atoms with van der Waals surface area (Å²) in [7, 11) is 0. The van der Waals surface area contributed by atoms with E-state index < -0.39 is 0 Å². The van der Waals surface area contributed by atoms with E-state index in [0.29, 0.717) is 12.3 Å². The summed E-state index contributed by atoms with van der Waals surface area (Å²) in [6.07, 6.45) is 3.65. The van der Waals surface area contributed by atoms with E-state index in [4.69, 9.17) is 4.74 Å². The van der Waals surface area contributed by atoms with Gasteiger partial charge in [0.05, 0.1) is 0 Å². The maximum atomic E-state index is 11.9. The number of hydrogen-bond donors (Lipinski definition) is 0. The molecular weight excluding hydrogens is 268 g/mol. The first-order valence-electron chi connectivity index (χ1n) is 5.70. The van der Waals surface area contributed by atoms with Crippen LogP contribution in [0.5, 0.6) is 5.75 Å². The Morgan fingerprint density at radius 1 is 1.44 bits per heavy atom. The van der Waals surface area contributed by atoms with Gasteiger partial charge < -0.3 is 4.74 Å². The largest absolute Gasteiger partial charge is 0.482 e. The molecule has 0 N–H and O–H groups in total. The normalized spacial score (nSPS) is 22.7. The second-order valence-electron chi connectivity index (χ2n) is 4.68. The summed E-state index contributed by atoms with van der Waals surface area (Å²) in [6.45, 7) is 0. The van der Waals surface area contributed by atoms with Gasteiger partial charge in [-0.25, -0.2) is 0 Å². The molecule has 0 spiro atoms. The van der Waals surface area contributed by atoms with Crippen LogP contribution in [0.1, 0.15) is 24.8 Å². The van der Waals surface area contributed by atoms with Gasteiger partial charge in [0.15, 0.2) is 11.9 Å². The van der Waals surface area contributed by atoms with Gasteiger partial charge in [-0.2, -0.15) is 0 Å². The van der Waals surface area contributed by atoms with Crippen molar-refractivity contribution in [2.75, 3.05) is 0 Å². The van der Waals surface area contributed by atoms with Crippen LogP contribution in [0, 0.1) is 5.92 Å². The molecule has 16 heavy (non-hydrogen) atoms. The first-order chi connectivity index (χ1) is 7.72. The summed E-state index contributed by atoms with van der Waals surface area (Å²) in [5, 5.41) is 0. The minimum absolute atomic E-state index is 0.232. The molecule has 3 rings (SSSR count). The molecule has 1 aromatic carbocycles. The van der Waals surface area contributed by atoms with Crippen LogP contribution in [0.4, 0.5) is 0 Å². The molecule has 0 bridgehead atoms. The summed E-state index contributed by atoms with van der Waals surface area (Å²) in [4.78, 5) is 11.9. The smallest absolute Gasteiger partial charge is 0.173 e. The fourth-order valence-corrected chi connectivity index (χ4v) is 2.54. The number of fused-ring (bicyclic) bond motifs is 1. The predicted octanol–water partition coefficient (Wildman–Crippen LogP) is 3.12. The van der Waals surface area contributed by atoms with Gasteiger partial charge in [-0.05, 0) is 42.5 Å². The van der Waals surface area contributed by atoms with Gasteiger partial charge in [-0.15, -0.1) is 0 Å². The average molecular weight is 281 g/mol. The number of hydrogen-bond acceptors (Lipinski definition) is 2. The number of rotatable bonds is 3. The molecule has 1 unspecified atom stereocenters. The maximum Gasteiger partial charge on any atom is 0.173 e.